The van der Waals surface area contributed by atoms with E-state index in [1.54, 1.807) is 6.92 Å². The largest absolute Gasteiger partial charge is 0.405 e. The minimum absolute atomic E-state index is 0.0934. The van der Waals surface area contributed by atoms with Gasteiger partial charge in [-0.15, -0.1) is 0 Å². The maximum absolute atomic E-state index is 12.4. The van der Waals surface area contributed by atoms with E-state index in [0.717, 1.165) is 11.2 Å². The maximum atomic E-state index is 12.4. The molecule has 0 atom stereocenters. The standard InChI is InChI=1S/C10H11ClF3N3O/c1-2-3-17(5-10(12,13)14)9-7(4-18)8(11)15-6-16-9/h4,6H,2-3,5H2,1H3. The average Bonchev–Trinajstić information content (AvgIpc) is 2.26. The predicted octanol–water partition coefficient (Wildman–Crippen LogP) is 2.72. The van der Waals surface area contributed by atoms with Crippen LogP contribution in [0.5, 0.6) is 0 Å². The summed E-state index contributed by atoms with van der Waals surface area (Å²) in [6, 6.07) is 0. The van der Waals surface area contributed by atoms with Crippen LogP contribution in [-0.2, 0) is 0 Å². The van der Waals surface area contributed by atoms with Crippen LogP contribution in [0.15, 0.2) is 6.33 Å². The molecule has 0 aliphatic rings. The van der Waals surface area contributed by atoms with Crippen molar-refractivity contribution in [2.24, 2.45) is 0 Å². The van der Waals surface area contributed by atoms with Gasteiger partial charge >= 0.3 is 6.18 Å². The Hall–Kier alpha value is -1.37. The number of rotatable bonds is 5. The van der Waals surface area contributed by atoms with Crippen LogP contribution in [0.4, 0.5) is 19.0 Å². The lowest BCUT2D eigenvalue weighted by atomic mass is 10.3. The number of aldehydes is 1. The van der Waals surface area contributed by atoms with Crippen molar-refractivity contribution < 1.29 is 18.0 Å². The molecule has 0 aromatic carbocycles. The summed E-state index contributed by atoms with van der Waals surface area (Å²) in [5.41, 5.74) is -0.128. The first kappa shape index (κ1) is 14.7. The van der Waals surface area contributed by atoms with Crippen molar-refractivity contribution in [3.8, 4) is 0 Å². The van der Waals surface area contributed by atoms with Gasteiger partial charge in [-0.25, -0.2) is 9.97 Å². The first-order chi connectivity index (χ1) is 8.39. The highest BCUT2D eigenvalue weighted by molar-refractivity contribution is 6.32. The molecular weight excluding hydrogens is 271 g/mol. The summed E-state index contributed by atoms with van der Waals surface area (Å²) in [4.78, 5) is 19.1. The summed E-state index contributed by atoms with van der Waals surface area (Å²) in [7, 11) is 0. The van der Waals surface area contributed by atoms with Crippen LogP contribution in [-0.4, -0.2) is 35.5 Å². The molecule has 1 heterocycles. The Morgan fingerprint density at radius 2 is 2.11 bits per heavy atom. The first-order valence-electron chi connectivity index (χ1n) is 5.16. The van der Waals surface area contributed by atoms with Gasteiger partial charge in [0.25, 0.3) is 0 Å². The Morgan fingerprint density at radius 3 is 2.61 bits per heavy atom. The van der Waals surface area contributed by atoms with Gasteiger partial charge in [-0.05, 0) is 6.42 Å². The zero-order chi connectivity index (χ0) is 13.8. The predicted molar refractivity (Wildman–Crippen MR) is 61.0 cm³/mol. The molecule has 8 heteroatoms. The second kappa shape index (κ2) is 5.99. The van der Waals surface area contributed by atoms with Gasteiger partial charge in [-0.3, -0.25) is 4.79 Å². The van der Waals surface area contributed by atoms with Crippen LogP contribution in [0, 0.1) is 0 Å². The van der Waals surface area contributed by atoms with Gasteiger partial charge in [0.15, 0.2) is 6.29 Å². The number of carbonyl (C=O) groups is 1. The van der Waals surface area contributed by atoms with Crippen molar-refractivity contribution in [3.05, 3.63) is 17.0 Å². The van der Waals surface area contributed by atoms with E-state index in [0.29, 0.717) is 12.7 Å². The molecule has 0 aliphatic carbocycles. The highest BCUT2D eigenvalue weighted by Crippen LogP contribution is 2.25. The normalized spacial score (nSPS) is 11.4. The second-order valence-electron chi connectivity index (χ2n) is 3.56. The van der Waals surface area contributed by atoms with Crippen LogP contribution >= 0.6 is 11.6 Å². The fraction of sp³-hybridized carbons (Fsp3) is 0.500. The number of aromatic nitrogens is 2. The lowest BCUT2D eigenvalue weighted by molar-refractivity contribution is -0.119. The quantitative estimate of drug-likeness (QED) is 0.615. The van der Waals surface area contributed by atoms with E-state index < -0.39 is 12.7 Å². The van der Waals surface area contributed by atoms with E-state index in [1.807, 2.05) is 0 Å². The third-order valence-corrected chi connectivity index (χ3v) is 2.40. The summed E-state index contributed by atoms with van der Waals surface area (Å²) >= 11 is 5.65. The summed E-state index contributed by atoms with van der Waals surface area (Å²) in [5.74, 6) is -0.0934. The molecular formula is C10H11ClF3N3O. The number of anilines is 1. The fourth-order valence-corrected chi connectivity index (χ4v) is 1.64. The van der Waals surface area contributed by atoms with Crippen molar-refractivity contribution in [3.63, 3.8) is 0 Å². The molecule has 100 valence electrons. The van der Waals surface area contributed by atoms with Gasteiger partial charge in [-0.2, -0.15) is 13.2 Å². The molecule has 1 aromatic heterocycles. The molecule has 1 rings (SSSR count). The lowest BCUT2D eigenvalue weighted by Crippen LogP contribution is -2.36. The Bertz CT molecular complexity index is 425. The Kier molecular flexibility index (Phi) is 4.89. The van der Waals surface area contributed by atoms with Crippen LogP contribution in [0.3, 0.4) is 0 Å². The molecule has 18 heavy (non-hydrogen) atoms. The number of alkyl halides is 3. The molecule has 0 N–H and O–H groups in total. The number of nitrogens with zero attached hydrogens (tertiary/aromatic N) is 3. The molecule has 0 radical (unpaired) electrons. The maximum Gasteiger partial charge on any atom is 0.405 e. The van der Waals surface area contributed by atoms with E-state index in [2.05, 4.69) is 9.97 Å². The monoisotopic (exact) mass is 281 g/mol. The molecule has 0 fully saturated rings. The second-order valence-corrected chi connectivity index (χ2v) is 3.91. The third-order valence-electron chi connectivity index (χ3n) is 2.10. The zero-order valence-electron chi connectivity index (χ0n) is 9.54. The van der Waals surface area contributed by atoms with Crippen molar-refractivity contribution in [1.29, 1.82) is 0 Å². The zero-order valence-corrected chi connectivity index (χ0v) is 10.3. The highest BCUT2D eigenvalue weighted by Gasteiger charge is 2.32. The molecule has 1 aromatic rings. The van der Waals surface area contributed by atoms with E-state index in [1.165, 1.54) is 0 Å². The van der Waals surface area contributed by atoms with Crippen molar-refractivity contribution in [2.45, 2.75) is 19.5 Å². The van der Waals surface area contributed by atoms with E-state index in [-0.39, 0.29) is 23.1 Å². The van der Waals surface area contributed by atoms with E-state index in [4.69, 9.17) is 11.6 Å². The topological polar surface area (TPSA) is 46.1 Å². The molecule has 4 nitrogen and oxygen atoms in total. The lowest BCUT2D eigenvalue weighted by Gasteiger charge is -2.25. The smallest absolute Gasteiger partial charge is 0.347 e. The van der Waals surface area contributed by atoms with Gasteiger partial charge in [-0.1, -0.05) is 18.5 Å². The molecule has 0 aliphatic heterocycles. The van der Waals surface area contributed by atoms with Gasteiger partial charge in [0.05, 0.1) is 5.56 Å². The summed E-state index contributed by atoms with van der Waals surface area (Å²) in [5, 5.41) is -0.154. The van der Waals surface area contributed by atoms with Crippen LogP contribution in [0.25, 0.3) is 0 Å². The van der Waals surface area contributed by atoms with Crippen LogP contribution in [0.1, 0.15) is 23.7 Å². The number of carbonyl (C=O) groups excluding carboxylic acids is 1. The number of halogens is 4. The van der Waals surface area contributed by atoms with Crippen molar-refractivity contribution in [1.82, 2.24) is 9.97 Å². The fourth-order valence-electron chi connectivity index (χ4n) is 1.47. The number of hydrogen-bond donors (Lipinski definition) is 0. The third kappa shape index (κ3) is 3.83. The summed E-state index contributed by atoms with van der Waals surface area (Å²) < 4.78 is 37.3. The molecule has 0 saturated carbocycles. The van der Waals surface area contributed by atoms with E-state index in [9.17, 15) is 18.0 Å². The Labute approximate surface area is 107 Å². The van der Waals surface area contributed by atoms with Crippen molar-refractivity contribution in [2.75, 3.05) is 18.0 Å². The van der Waals surface area contributed by atoms with Crippen LogP contribution in [0.2, 0.25) is 5.15 Å². The highest BCUT2D eigenvalue weighted by atomic mass is 35.5. The van der Waals surface area contributed by atoms with Gasteiger partial charge in [0, 0.05) is 6.54 Å². The molecule has 0 saturated heterocycles. The summed E-state index contributed by atoms with van der Waals surface area (Å²) in [6.45, 7) is 0.662. The van der Waals surface area contributed by atoms with Gasteiger partial charge in [0.1, 0.15) is 23.8 Å². The van der Waals surface area contributed by atoms with Crippen LogP contribution < -0.4 is 4.90 Å². The van der Waals surface area contributed by atoms with Crippen molar-refractivity contribution >= 4 is 23.7 Å². The van der Waals surface area contributed by atoms with Gasteiger partial charge in [0.2, 0.25) is 0 Å². The summed E-state index contributed by atoms with van der Waals surface area (Å²) in [6.07, 6.45) is -2.51. The average molecular weight is 282 g/mol. The molecule has 0 spiro atoms. The Balaban J connectivity index is 3.13. The number of hydrogen-bond acceptors (Lipinski definition) is 4. The van der Waals surface area contributed by atoms with E-state index >= 15 is 0 Å². The minimum atomic E-state index is -4.38. The SMILES string of the molecule is CCCN(CC(F)(F)F)c1ncnc(Cl)c1C=O. The molecule has 0 unspecified atom stereocenters. The van der Waals surface area contributed by atoms with Gasteiger partial charge < -0.3 is 4.90 Å². The Morgan fingerprint density at radius 1 is 1.44 bits per heavy atom. The first-order valence-corrected chi connectivity index (χ1v) is 5.54. The minimum Gasteiger partial charge on any atom is -0.347 e. The molecule has 0 bridgehead atoms. The molecule has 0 amide bonds.